The molecule has 4 N–H and O–H groups in total. The Balaban J connectivity index is 2.32. The average molecular weight is 285 g/mol. The first-order chi connectivity index (χ1) is 9.21. The molecule has 6 nitrogen and oxygen atoms in total. The van der Waals surface area contributed by atoms with Crippen LogP contribution in [0.4, 0.5) is 0 Å². The van der Waals surface area contributed by atoms with Gasteiger partial charge in [0, 0.05) is 12.6 Å². The van der Waals surface area contributed by atoms with Gasteiger partial charge in [-0.25, -0.2) is 0 Å². The van der Waals surface area contributed by atoms with Crippen LogP contribution in [0.1, 0.15) is 40.5 Å². The first-order valence-corrected chi connectivity index (χ1v) is 7.18. The molecule has 0 aromatic carbocycles. The summed E-state index contributed by atoms with van der Waals surface area (Å²) in [5.74, 6) is -0.422. The highest BCUT2D eigenvalue weighted by Crippen LogP contribution is 2.23. The molecule has 0 aliphatic carbocycles. The van der Waals surface area contributed by atoms with E-state index in [1.807, 2.05) is 27.7 Å². The molecule has 1 unspecified atom stereocenters. The topological polar surface area (TPSA) is 93.5 Å². The van der Waals surface area contributed by atoms with E-state index in [4.69, 9.17) is 10.5 Å². The zero-order valence-electron chi connectivity index (χ0n) is 12.9. The smallest absolute Gasteiger partial charge is 0.239 e. The van der Waals surface area contributed by atoms with E-state index in [9.17, 15) is 9.59 Å². The molecule has 1 rings (SSSR count). The largest absolute Gasteiger partial charge is 0.375 e. The zero-order valence-corrected chi connectivity index (χ0v) is 12.9. The fourth-order valence-electron chi connectivity index (χ4n) is 2.22. The summed E-state index contributed by atoms with van der Waals surface area (Å²) in [6.07, 6.45) is 1.58. The molecule has 0 aromatic rings. The average Bonchev–Trinajstić information content (AvgIpc) is 2.33. The molecule has 1 heterocycles. The third-order valence-electron chi connectivity index (χ3n) is 3.51. The number of hydrogen-bond acceptors (Lipinski definition) is 4. The standard InChI is InChI=1S/C14H27N3O3/c1-9(2)12(15)13(19)16-8-11(18)17-10-5-6-20-14(3,4)7-10/h9-10,12H,5-8,15H2,1-4H3,(H,16,19)(H,17,18)/t10?,12-/m0/s1. The highest BCUT2D eigenvalue weighted by molar-refractivity contribution is 5.87. The molecule has 0 spiro atoms. The predicted molar refractivity (Wildman–Crippen MR) is 77.0 cm³/mol. The van der Waals surface area contributed by atoms with Crippen LogP contribution in [0, 0.1) is 5.92 Å². The number of carbonyl (C=O) groups excluding carboxylic acids is 2. The van der Waals surface area contributed by atoms with Crippen LogP contribution in [0.15, 0.2) is 0 Å². The molecule has 2 atom stereocenters. The molecule has 116 valence electrons. The molecule has 20 heavy (non-hydrogen) atoms. The maximum Gasteiger partial charge on any atom is 0.239 e. The van der Waals surface area contributed by atoms with E-state index in [2.05, 4.69) is 10.6 Å². The summed E-state index contributed by atoms with van der Waals surface area (Å²) in [6, 6.07) is -0.480. The number of rotatable bonds is 5. The van der Waals surface area contributed by atoms with E-state index < -0.39 is 6.04 Å². The van der Waals surface area contributed by atoms with Crippen LogP contribution >= 0.6 is 0 Å². The van der Waals surface area contributed by atoms with Gasteiger partial charge in [-0.3, -0.25) is 9.59 Å². The van der Waals surface area contributed by atoms with Gasteiger partial charge in [0.05, 0.1) is 18.2 Å². The van der Waals surface area contributed by atoms with Crippen molar-refractivity contribution in [3.63, 3.8) is 0 Å². The van der Waals surface area contributed by atoms with Crippen molar-refractivity contribution in [3.8, 4) is 0 Å². The number of carbonyl (C=O) groups is 2. The second-order valence-electron chi connectivity index (χ2n) is 6.35. The molecular weight excluding hydrogens is 258 g/mol. The lowest BCUT2D eigenvalue weighted by Gasteiger charge is -2.35. The van der Waals surface area contributed by atoms with Crippen molar-refractivity contribution in [2.75, 3.05) is 13.2 Å². The van der Waals surface area contributed by atoms with Gasteiger partial charge >= 0.3 is 0 Å². The lowest BCUT2D eigenvalue weighted by atomic mass is 9.94. The fraction of sp³-hybridized carbons (Fsp3) is 0.857. The van der Waals surface area contributed by atoms with Crippen molar-refractivity contribution in [1.82, 2.24) is 10.6 Å². The van der Waals surface area contributed by atoms with Gasteiger partial charge in [-0.15, -0.1) is 0 Å². The minimum Gasteiger partial charge on any atom is -0.375 e. The Labute approximate surface area is 120 Å². The molecule has 0 aromatic heterocycles. The third kappa shape index (κ3) is 5.46. The van der Waals surface area contributed by atoms with E-state index in [1.54, 1.807) is 0 Å². The Morgan fingerprint density at radius 3 is 2.60 bits per heavy atom. The van der Waals surface area contributed by atoms with Crippen LogP contribution in [-0.2, 0) is 14.3 Å². The summed E-state index contributed by atoms with van der Waals surface area (Å²) in [5, 5.41) is 5.49. The van der Waals surface area contributed by atoms with Crippen LogP contribution in [0.3, 0.4) is 0 Å². The Hall–Kier alpha value is -1.14. The van der Waals surface area contributed by atoms with Crippen LogP contribution in [0.2, 0.25) is 0 Å². The molecule has 0 radical (unpaired) electrons. The van der Waals surface area contributed by atoms with Crippen molar-refractivity contribution < 1.29 is 14.3 Å². The lowest BCUT2D eigenvalue weighted by molar-refractivity contribution is -0.128. The molecule has 1 aliphatic rings. The summed E-state index contributed by atoms with van der Waals surface area (Å²) >= 11 is 0. The predicted octanol–water partition coefficient (Wildman–Crippen LogP) is 0.160. The number of nitrogens with one attached hydrogen (secondary N) is 2. The SMILES string of the molecule is CC(C)[C@H](N)C(=O)NCC(=O)NC1CCOC(C)(C)C1. The first kappa shape index (κ1) is 16.9. The van der Waals surface area contributed by atoms with Gasteiger partial charge in [-0.05, 0) is 32.6 Å². The first-order valence-electron chi connectivity index (χ1n) is 7.18. The minimum atomic E-state index is -0.579. The van der Waals surface area contributed by atoms with Gasteiger partial charge in [0.1, 0.15) is 0 Å². The Bertz CT molecular complexity index is 356. The molecule has 6 heteroatoms. The second-order valence-corrected chi connectivity index (χ2v) is 6.35. The lowest BCUT2D eigenvalue weighted by Crippen LogP contribution is -2.50. The summed E-state index contributed by atoms with van der Waals surface area (Å²) in [4.78, 5) is 23.5. The quantitative estimate of drug-likeness (QED) is 0.671. The van der Waals surface area contributed by atoms with E-state index in [-0.39, 0.29) is 35.9 Å². The van der Waals surface area contributed by atoms with Crippen molar-refractivity contribution in [2.24, 2.45) is 11.7 Å². The molecule has 2 amide bonds. The monoisotopic (exact) mass is 285 g/mol. The van der Waals surface area contributed by atoms with Crippen molar-refractivity contribution >= 4 is 11.8 Å². The van der Waals surface area contributed by atoms with Gasteiger partial charge in [0.15, 0.2) is 0 Å². The molecule has 0 bridgehead atoms. The van der Waals surface area contributed by atoms with Gasteiger partial charge in [0.25, 0.3) is 0 Å². The van der Waals surface area contributed by atoms with Crippen molar-refractivity contribution in [1.29, 1.82) is 0 Å². The van der Waals surface area contributed by atoms with Crippen LogP contribution in [0.25, 0.3) is 0 Å². The fourth-order valence-corrected chi connectivity index (χ4v) is 2.22. The zero-order chi connectivity index (χ0) is 15.3. The molecule has 1 aliphatic heterocycles. The van der Waals surface area contributed by atoms with Crippen LogP contribution in [0.5, 0.6) is 0 Å². The highest BCUT2D eigenvalue weighted by atomic mass is 16.5. The maximum atomic E-state index is 11.8. The molecular formula is C14H27N3O3. The Kier molecular flexibility index (Phi) is 5.95. The minimum absolute atomic E-state index is 0.0307. The van der Waals surface area contributed by atoms with Crippen molar-refractivity contribution in [2.45, 2.75) is 58.2 Å². The van der Waals surface area contributed by atoms with Crippen LogP contribution in [-0.4, -0.2) is 42.7 Å². The van der Waals surface area contributed by atoms with Gasteiger partial charge < -0.3 is 21.1 Å². The normalized spacial score (nSPS) is 23.2. The van der Waals surface area contributed by atoms with E-state index in [1.165, 1.54) is 0 Å². The molecule has 1 saturated heterocycles. The van der Waals surface area contributed by atoms with E-state index in [0.29, 0.717) is 6.61 Å². The summed E-state index contributed by atoms with van der Waals surface area (Å²) < 4.78 is 5.60. The van der Waals surface area contributed by atoms with Gasteiger partial charge in [0.2, 0.25) is 11.8 Å². The maximum absolute atomic E-state index is 11.8. The number of ether oxygens (including phenoxy) is 1. The Morgan fingerprint density at radius 2 is 2.05 bits per heavy atom. The van der Waals surface area contributed by atoms with Gasteiger partial charge in [-0.2, -0.15) is 0 Å². The van der Waals surface area contributed by atoms with E-state index >= 15 is 0 Å². The summed E-state index contributed by atoms with van der Waals surface area (Å²) in [5.41, 5.74) is 5.50. The third-order valence-corrected chi connectivity index (χ3v) is 3.51. The number of hydrogen-bond donors (Lipinski definition) is 3. The number of nitrogens with two attached hydrogens (primary N) is 1. The summed E-state index contributed by atoms with van der Waals surface area (Å²) in [6.45, 7) is 8.37. The molecule has 1 fully saturated rings. The molecule has 0 saturated carbocycles. The van der Waals surface area contributed by atoms with Gasteiger partial charge in [-0.1, -0.05) is 13.8 Å². The second kappa shape index (κ2) is 7.04. The van der Waals surface area contributed by atoms with E-state index in [0.717, 1.165) is 12.8 Å². The highest BCUT2D eigenvalue weighted by Gasteiger charge is 2.29. The summed E-state index contributed by atoms with van der Waals surface area (Å²) in [7, 11) is 0. The van der Waals surface area contributed by atoms with Crippen molar-refractivity contribution in [3.05, 3.63) is 0 Å². The number of amides is 2. The van der Waals surface area contributed by atoms with Crippen LogP contribution < -0.4 is 16.4 Å². The Morgan fingerprint density at radius 1 is 1.40 bits per heavy atom.